The number of unbranched alkanes of at least 4 members (excludes halogenated alkanes) is 31. The molecule has 0 radical (unpaired) electrons. The highest BCUT2D eigenvalue weighted by molar-refractivity contribution is 5.77. The van der Waals surface area contributed by atoms with E-state index in [4.69, 9.17) is 4.74 Å². The molecule has 0 spiro atoms. The van der Waals surface area contributed by atoms with Crippen LogP contribution < -0.4 is 5.32 Å². The van der Waals surface area contributed by atoms with Gasteiger partial charge in [-0.25, -0.2) is 0 Å². The summed E-state index contributed by atoms with van der Waals surface area (Å²) < 4.78 is 5.93. The average Bonchev–Trinajstić information content (AvgIpc) is 3.30. The van der Waals surface area contributed by atoms with E-state index >= 15 is 0 Å². The van der Waals surface area contributed by atoms with Crippen LogP contribution in [0.25, 0.3) is 0 Å². The largest absolute Gasteiger partial charge is 0.462 e. The molecule has 1 amide bonds. The summed E-state index contributed by atoms with van der Waals surface area (Å²) in [7, 11) is 0. The van der Waals surface area contributed by atoms with E-state index in [0.717, 1.165) is 77.0 Å². The molecule has 0 aromatic heterocycles. The first-order chi connectivity index (χ1) is 32.0. The highest BCUT2D eigenvalue weighted by atomic mass is 16.5. The number of rotatable bonds is 51. The van der Waals surface area contributed by atoms with E-state index < -0.39 is 18.2 Å². The van der Waals surface area contributed by atoms with E-state index in [2.05, 4.69) is 74.7 Å². The van der Waals surface area contributed by atoms with Gasteiger partial charge in [0.1, 0.15) is 6.10 Å². The summed E-state index contributed by atoms with van der Waals surface area (Å²) in [6.45, 7) is 6.38. The number of aliphatic hydroxyl groups excluding tert-OH is 2. The number of hydrogen-bond donors (Lipinski definition) is 3. The molecule has 0 aliphatic heterocycles. The van der Waals surface area contributed by atoms with Crippen LogP contribution in [0.3, 0.4) is 0 Å². The zero-order valence-corrected chi connectivity index (χ0v) is 43.4. The van der Waals surface area contributed by atoms with Gasteiger partial charge in [0.25, 0.3) is 0 Å². The Morgan fingerprint density at radius 3 is 1.23 bits per heavy atom. The van der Waals surface area contributed by atoms with Gasteiger partial charge in [0.2, 0.25) is 5.91 Å². The van der Waals surface area contributed by atoms with Crippen LogP contribution in [0, 0.1) is 0 Å². The Morgan fingerprint density at radius 1 is 0.462 bits per heavy atom. The molecule has 3 N–H and O–H groups in total. The van der Waals surface area contributed by atoms with Crippen molar-refractivity contribution in [1.29, 1.82) is 0 Å². The molecule has 0 heterocycles. The number of carbonyl (C=O) groups is 2. The molecule has 0 aromatic carbocycles. The molecule has 0 bridgehead atoms. The molecule has 0 saturated heterocycles. The number of carbonyl (C=O) groups excluding carboxylic acids is 2. The maximum Gasteiger partial charge on any atom is 0.306 e. The van der Waals surface area contributed by atoms with Crippen LogP contribution >= 0.6 is 0 Å². The van der Waals surface area contributed by atoms with Crippen molar-refractivity contribution >= 4 is 11.9 Å². The molecule has 6 nitrogen and oxygen atoms in total. The number of amides is 1. The Bertz CT molecular complexity index is 1110. The van der Waals surface area contributed by atoms with Gasteiger partial charge >= 0.3 is 5.97 Å². The van der Waals surface area contributed by atoms with Gasteiger partial charge in [0.05, 0.1) is 25.2 Å². The van der Waals surface area contributed by atoms with E-state index in [1.165, 1.54) is 167 Å². The summed E-state index contributed by atoms with van der Waals surface area (Å²) in [5, 5.41) is 23.8. The molecular weight excluding hydrogens is 803 g/mol. The molecule has 0 fully saturated rings. The van der Waals surface area contributed by atoms with Crippen LogP contribution in [-0.2, 0) is 14.3 Å². The van der Waals surface area contributed by atoms with Gasteiger partial charge in [0.15, 0.2) is 0 Å². The number of nitrogens with one attached hydrogen (secondary N) is 1. The minimum absolute atomic E-state index is 0.0428. The summed E-state index contributed by atoms with van der Waals surface area (Å²) in [6.07, 6.45) is 64.7. The Balaban J connectivity index is 4.56. The number of ether oxygens (including phenoxy) is 1. The Hall–Kier alpha value is -2.18. The highest BCUT2D eigenvalue weighted by Gasteiger charge is 2.24. The lowest BCUT2D eigenvalue weighted by molar-refractivity contribution is -0.151. The SMILES string of the molecule is CC/C=C/C/C=C/C/C=C/C/C=C/CCCC(CC(=O)NC(CO)C(O)CCCCCCCCCCCCCCC)OC(=O)CCCCCCCCCCCCCCCCCCCCC. The van der Waals surface area contributed by atoms with Crippen LogP contribution in [-0.4, -0.2) is 46.9 Å². The Labute approximate surface area is 404 Å². The first kappa shape index (κ1) is 62.8. The molecule has 380 valence electrons. The van der Waals surface area contributed by atoms with E-state index in [0.29, 0.717) is 19.3 Å². The van der Waals surface area contributed by atoms with Crippen molar-refractivity contribution in [3.63, 3.8) is 0 Å². The lowest BCUT2D eigenvalue weighted by Gasteiger charge is -2.24. The van der Waals surface area contributed by atoms with Crippen LogP contribution in [0.2, 0.25) is 0 Å². The maximum absolute atomic E-state index is 13.2. The van der Waals surface area contributed by atoms with Crippen molar-refractivity contribution in [3.8, 4) is 0 Å². The van der Waals surface area contributed by atoms with Crippen LogP contribution in [0.15, 0.2) is 48.6 Å². The fourth-order valence-electron chi connectivity index (χ4n) is 8.66. The topological polar surface area (TPSA) is 95.9 Å². The second-order valence-corrected chi connectivity index (χ2v) is 19.3. The number of hydrogen-bond acceptors (Lipinski definition) is 5. The second-order valence-electron chi connectivity index (χ2n) is 19.3. The van der Waals surface area contributed by atoms with Gasteiger partial charge in [-0.1, -0.05) is 268 Å². The van der Waals surface area contributed by atoms with Crippen molar-refractivity contribution in [1.82, 2.24) is 5.32 Å². The first-order valence-electron chi connectivity index (χ1n) is 28.4. The zero-order chi connectivity index (χ0) is 47.4. The van der Waals surface area contributed by atoms with E-state index in [-0.39, 0.29) is 24.9 Å². The van der Waals surface area contributed by atoms with Crippen LogP contribution in [0.5, 0.6) is 0 Å². The highest BCUT2D eigenvalue weighted by Crippen LogP contribution is 2.18. The third-order valence-corrected chi connectivity index (χ3v) is 12.9. The van der Waals surface area contributed by atoms with Crippen molar-refractivity contribution in [2.75, 3.05) is 6.61 Å². The Kier molecular flexibility index (Phi) is 51.0. The van der Waals surface area contributed by atoms with Crippen LogP contribution in [0.1, 0.15) is 290 Å². The van der Waals surface area contributed by atoms with Crippen LogP contribution in [0.4, 0.5) is 0 Å². The zero-order valence-electron chi connectivity index (χ0n) is 43.4. The molecule has 3 unspecified atom stereocenters. The molecule has 3 atom stereocenters. The standard InChI is InChI=1S/C59H109NO5/c1-4-7-10-13-16-19-22-25-27-28-29-30-31-34-37-40-43-46-49-52-59(64)65-55(50-47-44-41-38-35-33-26-23-20-17-14-11-8-5-2)53-58(63)60-56(54-61)57(62)51-48-45-42-39-36-32-24-21-18-15-12-9-6-3/h8,11,17,20,26,33,38,41,55-57,61-62H,4-7,9-10,12-16,18-19,21-25,27-32,34-37,39-40,42-54H2,1-3H3,(H,60,63)/b11-8+,20-17+,33-26+,41-38+. The van der Waals surface area contributed by atoms with Gasteiger partial charge in [0, 0.05) is 6.42 Å². The smallest absolute Gasteiger partial charge is 0.306 e. The van der Waals surface area contributed by atoms with E-state index in [1.807, 2.05) is 0 Å². The third-order valence-electron chi connectivity index (χ3n) is 12.9. The molecular formula is C59H109NO5. The summed E-state index contributed by atoms with van der Waals surface area (Å²) in [4.78, 5) is 26.2. The molecule has 0 saturated carbocycles. The second kappa shape index (κ2) is 52.8. The van der Waals surface area contributed by atoms with Crippen molar-refractivity contribution in [2.24, 2.45) is 0 Å². The van der Waals surface area contributed by atoms with Gasteiger partial charge in [-0.3, -0.25) is 9.59 Å². The first-order valence-corrected chi connectivity index (χ1v) is 28.4. The lowest BCUT2D eigenvalue weighted by Crippen LogP contribution is -2.46. The number of esters is 1. The lowest BCUT2D eigenvalue weighted by atomic mass is 10.0. The fourth-order valence-corrected chi connectivity index (χ4v) is 8.66. The van der Waals surface area contributed by atoms with Crippen molar-refractivity contribution in [3.05, 3.63) is 48.6 Å². The summed E-state index contributed by atoms with van der Waals surface area (Å²) in [5.74, 6) is -0.516. The fraction of sp³-hybridized carbons (Fsp3) is 0.831. The predicted molar refractivity (Wildman–Crippen MR) is 282 cm³/mol. The van der Waals surface area contributed by atoms with Gasteiger partial charge in [-0.2, -0.15) is 0 Å². The molecule has 0 aliphatic carbocycles. The molecule has 0 aliphatic rings. The maximum atomic E-state index is 13.2. The van der Waals surface area contributed by atoms with Gasteiger partial charge in [-0.05, 0) is 57.8 Å². The molecule has 0 rings (SSSR count). The monoisotopic (exact) mass is 912 g/mol. The van der Waals surface area contributed by atoms with Gasteiger partial charge < -0.3 is 20.3 Å². The van der Waals surface area contributed by atoms with Gasteiger partial charge in [-0.15, -0.1) is 0 Å². The summed E-state index contributed by atoms with van der Waals surface area (Å²) in [6, 6.07) is -0.718. The Morgan fingerprint density at radius 2 is 0.831 bits per heavy atom. The third kappa shape index (κ3) is 48.1. The predicted octanol–water partition coefficient (Wildman–Crippen LogP) is 17.4. The molecule has 65 heavy (non-hydrogen) atoms. The quantitative estimate of drug-likeness (QED) is 0.0321. The molecule has 0 aromatic rings. The molecule has 6 heteroatoms. The summed E-state index contributed by atoms with van der Waals surface area (Å²) >= 11 is 0. The minimum atomic E-state index is -0.801. The van der Waals surface area contributed by atoms with E-state index in [1.54, 1.807) is 0 Å². The summed E-state index contributed by atoms with van der Waals surface area (Å²) in [5.41, 5.74) is 0. The van der Waals surface area contributed by atoms with E-state index in [9.17, 15) is 19.8 Å². The number of aliphatic hydroxyl groups is 2. The average molecular weight is 913 g/mol. The van der Waals surface area contributed by atoms with Crippen molar-refractivity contribution in [2.45, 2.75) is 309 Å². The normalized spacial score (nSPS) is 13.5. The van der Waals surface area contributed by atoms with Crippen molar-refractivity contribution < 1.29 is 24.5 Å². The number of allylic oxidation sites excluding steroid dienone is 8. The minimum Gasteiger partial charge on any atom is -0.462 e.